The fourth-order valence-corrected chi connectivity index (χ4v) is 4.13. The summed E-state index contributed by atoms with van der Waals surface area (Å²) in [6, 6.07) is 16.5. The summed E-state index contributed by atoms with van der Waals surface area (Å²) in [7, 11) is 0. The lowest BCUT2D eigenvalue weighted by atomic mass is 10.0. The zero-order chi connectivity index (χ0) is 19.7. The van der Waals surface area contributed by atoms with Crippen molar-refractivity contribution < 1.29 is 4.39 Å². The third kappa shape index (κ3) is 3.52. The molecule has 0 aliphatic carbocycles. The number of aromatic nitrogens is 2. The number of rotatable bonds is 5. The first-order chi connectivity index (χ1) is 13.5. The maximum absolute atomic E-state index is 13.9. The maximum Gasteiger partial charge on any atom is 0.170 e. The molecule has 3 heterocycles. The van der Waals surface area contributed by atoms with Gasteiger partial charge in [0.2, 0.25) is 0 Å². The van der Waals surface area contributed by atoms with Crippen molar-refractivity contribution in [1.82, 2.24) is 19.8 Å². The van der Waals surface area contributed by atoms with E-state index in [9.17, 15) is 4.39 Å². The van der Waals surface area contributed by atoms with Gasteiger partial charge in [0.25, 0.3) is 0 Å². The van der Waals surface area contributed by atoms with Crippen molar-refractivity contribution >= 4 is 17.3 Å². The number of halogens is 1. The third-order valence-corrected chi connectivity index (χ3v) is 5.28. The summed E-state index contributed by atoms with van der Waals surface area (Å²) in [5.74, 6) is 0.194. The van der Waals surface area contributed by atoms with E-state index in [1.54, 1.807) is 18.3 Å². The minimum Gasteiger partial charge on any atom is -0.352 e. The highest BCUT2D eigenvalue weighted by atomic mass is 32.1. The van der Waals surface area contributed by atoms with Gasteiger partial charge in [0.1, 0.15) is 5.82 Å². The predicted octanol–water partition coefficient (Wildman–Crippen LogP) is 4.64. The van der Waals surface area contributed by atoms with Crippen LogP contribution in [0.2, 0.25) is 0 Å². The Morgan fingerprint density at radius 1 is 1.14 bits per heavy atom. The monoisotopic (exact) mass is 394 g/mol. The van der Waals surface area contributed by atoms with Crippen LogP contribution >= 0.6 is 12.2 Å². The first kappa shape index (κ1) is 18.6. The molecule has 2 aromatic heterocycles. The van der Waals surface area contributed by atoms with Crippen molar-refractivity contribution in [1.29, 1.82) is 0 Å². The van der Waals surface area contributed by atoms with Gasteiger partial charge < -0.3 is 14.8 Å². The largest absolute Gasteiger partial charge is 0.352 e. The predicted molar refractivity (Wildman–Crippen MR) is 113 cm³/mol. The number of hydrogen-bond acceptors (Lipinski definition) is 2. The van der Waals surface area contributed by atoms with Gasteiger partial charge in [-0.25, -0.2) is 4.39 Å². The van der Waals surface area contributed by atoms with Crippen molar-refractivity contribution in [2.75, 3.05) is 6.54 Å². The lowest BCUT2D eigenvalue weighted by molar-refractivity contribution is 0.280. The molecule has 4 rings (SSSR count). The van der Waals surface area contributed by atoms with Crippen LogP contribution in [0.25, 0.3) is 5.69 Å². The molecule has 0 radical (unpaired) electrons. The summed E-state index contributed by atoms with van der Waals surface area (Å²) < 4.78 is 15.9. The summed E-state index contributed by atoms with van der Waals surface area (Å²) in [6.07, 6.45) is 3.77. The first-order valence-corrected chi connectivity index (χ1v) is 9.86. The summed E-state index contributed by atoms with van der Waals surface area (Å²) in [5.41, 5.74) is 2.78. The second-order valence-corrected chi connectivity index (χ2v) is 7.84. The van der Waals surface area contributed by atoms with Gasteiger partial charge in [0, 0.05) is 30.3 Å². The Hall–Kier alpha value is -2.73. The third-order valence-electron chi connectivity index (χ3n) is 4.93. The van der Waals surface area contributed by atoms with E-state index in [2.05, 4.69) is 35.1 Å². The Labute approximate surface area is 170 Å². The minimum atomic E-state index is -0.252. The van der Waals surface area contributed by atoms with E-state index >= 15 is 0 Å². The van der Waals surface area contributed by atoms with Gasteiger partial charge in [-0.2, -0.15) is 0 Å². The molecule has 0 saturated carbocycles. The molecular weight excluding hydrogens is 371 g/mol. The van der Waals surface area contributed by atoms with Gasteiger partial charge in [0.05, 0.1) is 17.8 Å². The molecule has 1 aromatic carbocycles. The van der Waals surface area contributed by atoms with E-state index in [0.29, 0.717) is 5.92 Å². The van der Waals surface area contributed by atoms with Crippen molar-refractivity contribution in [3.8, 4) is 5.69 Å². The van der Waals surface area contributed by atoms with Crippen LogP contribution in [0, 0.1) is 11.7 Å². The van der Waals surface area contributed by atoms with Crippen LogP contribution in [0.4, 0.5) is 4.39 Å². The average molecular weight is 395 g/mol. The molecule has 3 aromatic rings. The van der Waals surface area contributed by atoms with Crippen LogP contribution in [0.15, 0.2) is 67.0 Å². The fraction of sp³-hybridized carbons (Fsp3) is 0.273. The molecule has 0 spiro atoms. The standard InChI is InChI=1S/C22H23FN4S/c1-15(2)14-27-21(20(25-22(27)28)18-9-3-4-11-24-18)19-10-6-12-26(19)17-8-5-7-16(23)13-17/h3-13,15,20-21H,14H2,1-2H3,(H,25,28)/t20-,21+/m1/s1. The molecule has 28 heavy (non-hydrogen) atoms. The molecule has 144 valence electrons. The molecule has 2 atom stereocenters. The number of nitrogens with one attached hydrogen (secondary N) is 1. The molecule has 1 saturated heterocycles. The molecule has 6 heteroatoms. The topological polar surface area (TPSA) is 33.1 Å². The van der Waals surface area contributed by atoms with Gasteiger partial charge in [-0.3, -0.25) is 4.98 Å². The molecule has 4 nitrogen and oxygen atoms in total. The van der Waals surface area contributed by atoms with E-state index in [1.807, 2.05) is 41.1 Å². The SMILES string of the molecule is CC(C)CN1C(=S)N[C@H](c2ccccn2)[C@@H]1c1cccn1-c1cccc(F)c1. The number of pyridine rings is 1. The Morgan fingerprint density at radius 3 is 2.71 bits per heavy atom. The molecule has 0 amide bonds. The number of nitrogens with zero attached hydrogens (tertiary/aromatic N) is 3. The highest BCUT2D eigenvalue weighted by molar-refractivity contribution is 7.80. The highest BCUT2D eigenvalue weighted by Gasteiger charge is 2.41. The normalized spacial score (nSPS) is 19.3. The molecule has 1 aliphatic heterocycles. The van der Waals surface area contributed by atoms with Crippen LogP contribution in [-0.2, 0) is 0 Å². The summed E-state index contributed by atoms with van der Waals surface area (Å²) in [4.78, 5) is 6.79. The van der Waals surface area contributed by atoms with E-state index in [0.717, 1.165) is 28.7 Å². The Morgan fingerprint density at radius 2 is 2.00 bits per heavy atom. The number of benzene rings is 1. The molecule has 1 aliphatic rings. The van der Waals surface area contributed by atoms with E-state index in [-0.39, 0.29) is 17.9 Å². The van der Waals surface area contributed by atoms with Crippen molar-refractivity contribution in [2.45, 2.75) is 25.9 Å². The Kier molecular flexibility index (Phi) is 5.13. The second kappa shape index (κ2) is 7.72. The fourth-order valence-electron chi connectivity index (χ4n) is 3.81. The molecule has 1 N–H and O–H groups in total. The second-order valence-electron chi connectivity index (χ2n) is 7.46. The number of thiocarbonyl (C=S) groups is 1. The van der Waals surface area contributed by atoms with Crippen molar-refractivity contribution in [3.05, 3.63) is 84.2 Å². The zero-order valence-corrected chi connectivity index (χ0v) is 16.7. The smallest absolute Gasteiger partial charge is 0.170 e. The van der Waals surface area contributed by atoms with E-state index in [4.69, 9.17) is 12.2 Å². The van der Waals surface area contributed by atoms with Crippen LogP contribution in [0.1, 0.15) is 37.3 Å². The Balaban J connectivity index is 1.81. The lowest BCUT2D eigenvalue weighted by Crippen LogP contribution is -2.33. The van der Waals surface area contributed by atoms with E-state index in [1.165, 1.54) is 6.07 Å². The summed E-state index contributed by atoms with van der Waals surface area (Å²) in [5, 5.41) is 4.18. The van der Waals surface area contributed by atoms with Gasteiger partial charge in [-0.1, -0.05) is 26.0 Å². The quantitative estimate of drug-likeness (QED) is 0.639. The maximum atomic E-state index is 13.9. The van der Waals surface area contributed by atoms with Gasteiger partial charge in [0.15, 0.2) is 5.11 Å². The summed E-state index contributed by atoms with van der Waals surface area (Å²) >= 11 is 5.69. The average Bonchev–Trinajstić information content (AvgIpc) is 3.27. The molecule has 0 bridgehead atoms. The van der Waals surface area contributed by atoms with E-state index < -0.39 is 0 Å². The van der Waals surface area contributed by atoms with Gasteiger partial charge >= 0.3 is 0 Å². The molecule has 1 fully saturated rings. The first-order valence-electron chi connectivity index (χ1n) is 9.46. The lowest BCUT2D eigenvalue weighted by Gasteiger charge is -2.30. The number of hydrogen-bond donors (Lipinski definition) is 1. The van der Waals surface area contributed by atoms with Crippen LogP contribution < -0.4 is 5.32 Å². The van der Waals surface area contributed by atoms with Crippen LogP contribution in [-0.4, -0.2) is 26.1 Å². The molecule has 0 unspecified atom stereocenters. The minimum absolute atomic E-state index is 0.0388. The van der Waals surface area contributed by atoms with Gasteiger partial charge in [-0.15, -0.1) is 0 Å². The van der Waals surface area contributed by atoms with Crippen LogP contribution in [0.5, 0.6) is 0 Å². The van der Waals surface area contributed by atoms with Crippen LogP contribution in [0.3, 0.4) is 0 Å². The zero-order valence-electron chi connectivity index (χ0n) is 15.9. The van der Waals surface area contributed by atoms with Crippen molar-refractivity contribution in [3.63, 3.8) is 0 Å². The highest BCUT2D eigenvalue weighted by Crippen LogP contribution is 2.39. The van der Waals surface area contributed by atoms with Crippen molar-refractivity contribution in [2.24, 2.45) is 5.92 Å². The summed E-state index contributed by atoms with van der Waals surface area (Å²) in [6.45, 7) is 5.19. The van der Waals surface area contributed by atoms with Gasteiger partial charge in [-0.05, 0) is 60.6 Å². The molecular formula is C22H23FN4S. The Bertz CT molecular complexity index is 969.